The van der Waals surface area contributed by atoms with Gasteiger partial charge in [-0.15, -0.1) is 6.58 Å². The Morgan fingerprint density at radius 2 is 1.89 bits per heavy atom. The smallest absolute Gasteiger partial charge is 0.0558 e. The van der Waals surface area contributed by atoms with Crippen molar-refractivity contribution in [3.8, 4) is 0 Å². The van der Waals surface area contributed by atoms with Crippen molar-refractivity contribution in [1.29, 1.82) is 0 Å². The standard InChI is InChI=1S/C16H19NO/c1-2-10-17(11-12-18)13-15-8-5-7-14-6-3-4-9-16(14)15/h2-9,18H,1,10-13H2. The molecule has 0 aliphatic carbocycles. The summed E-state index contributed by atoms with van der Waals surface area (Å²) in [5, 5.41) is 11.6. The highest BCUT2D eigenvalue weighted by molar-refractivity contribution is 5.85. The Hall–Kier alpha value is -1.64. The van der Waals surface area contributed by atoms with Crippen molar-refractivity contribution < 1.29 is 5.11 Å². The molecule has 18 heavy (non-hydrogen) atoms. The summed E-state index contributed by atoms with van der Waals surface area (Å²) in [6, 6.07) is 14.8. The van der Waals surface area contributed by atoms with Gasteiger partial charge in [0.2, 0.25) is 0 Å². The second-order valence-corrected chi connectivity index (χ2v) is 4.39. The second kappa shape index (κ2) is 6.34. The van der Waals surface area contributed by atoms with E-state index in [1.807, 2.05) is 6.08 Å². The summed E-state index contributed by atoms with van der Waals surface area (Å²) < 4.78 is 0. The highest BCUT2D eigenvalue weighted by Gasteiger charge is 2.06. The Bertz CT molecular complexity index is 516. The maximum Gasteiger partial charge on any atom is 0.0558 e. The van der Waals surface area contributed by atoms with Crippen LogP contribution in [0.15, 0.2) is 55.1 Å². The molecule has 94 valence electrons. The Labute approximate surface area is 108 Å². The van der Waals surface area contributed by atoms with Gasteiger partial charge in [0.1, 0.15) is 0 Å². The zero-order valence-electron chi connectivity index (χ0n) is 10.5. The van der Waals surface area contributed by atoms with Crippen LogP contribution in [0, 0.1) is 0 Å². The lowest BCUT2D eigenvalue weighted by Crippen LogP contribution is -2.26. The molecule has 0 fully saturated rings. The highest BCUT2D eigenvalue weighted by atomic mass is 16.3. The minimum absolute atomic E-state index is 0.179. The molecule has 0 spiro atoms. The van der Waals surface area contributed by atoms with Crippen molar-refractivity contribution in [2.75, 3.05) is 19.7 Å². The van der Waals surface area contributed by atoms with E-state index in [9.17, 15) is 0 Å². The van der Waals surface area contributed by atoms with E-state index in [2.05, 4.69) is 53.9 Å². The van der Waals surface area contributed by atoms with Gasteiger partial charge >= 0.3 is 0 Å². The molecule has 0 saturated heterocycles. The van der Waals surface area contributed by atoms with Crippen molar-refractivity contribution >= 4 is 10.8 Å². The van der Waals surface area contributed by atoms with E-state index in [0.29, 0.717) is 6.54 Å². The van der Waals surface area contributed by atoms with E-state index in [-0.39, 0.29) is 6.61 Å². The molecule has 0 aromatic heterocycles. The van der Waals surface area contributed by atoms with E-state index in [0.717, 1.165) is 13.1 Å². The molecule has 0 saturated carbocycles. The normalized spacial score (nSPS) is 11.0. The molecule has 0 heterocycles. The maximum atomic E-state index is 9.08. The van der Waals surface area contributed by atoms with E-state index in [4.69, 9.17) is 5.11 Å². The van der Waals surface area contributed by atoms with Crippen molar-refractivity contribution in [2.45, 2.75) is 6.54 Å². The number of aliphatic hydroxyl groups is 1. The highest BCUT2D eigenvalue weighted by Crippen LogP contribution is 2.19. The van der Waals surface area contributed by atoms with Gasteiger partial charge in [-0.1, -0.05) is 48.5 Å². The van der Waals surface area contributed by atoms with Crippen LogP contribution in [-0.2, 0) is 6.54 Å². The summed E-state index contributed by atoms with van der Waals surface area (Å²) in [5.41, 5.74) is 1.29. The van der Waals surface area contributed by atoms with Crippen molar-refractivity contribution in [1.82, 2.24) is 4.90 Å². The summed E-state index contributed by atoms with van der Waals surface area (Å²) >= 11 is 0. The van der Waals surface area contributed by atoms with Gasteiger partial charge in [-0.3, -0.25) is 4.90 Å². The number of benzene rings is 2. The molecule has 2 rings (SSSR count). The first kappa shape index (κ1) is 12.8. The molecule has 0 atom stereocenters. The number of nitrogens with zero attached hydrogens (tertiary/aromatic N) is 1. The third-order valence-electron chi connectivity index (χ3n) is 3.08. The van der Waals surface area contributed by atoms with Crippen LogP contribution in [0.4, 0.5) is 0 Å². The molecular formula is C16H19NO. The summed E-state index contributed by atoms with van der Waals surface area (Å²) in [7, 11) is 0. The summed E-state index contributed by atoms with van der Waals surface area (Å²) in [5.74, 6) is 0. The summed E-state index contributed by atoms with van der Waals surface area (Å²) in [6.07, 6.45) is 1.88. The van der Waals surface area contributed by atoms with Gasteiger partial charge in [0.05, 0.1) is 6.61 Å². The van der Waals surface area contributed by atoms with Gasteiger partial charge in [-0.05, 0) is 16.3 Å². The molecule has 0 radical (unpaired) electrons. The second-order valence-electron chi connectivity index (χ2n) is 4.39. The van der Waals surface area contributed by atoms with Gasteiger partial charge < -0.3 is 5.11 Å². The lowest BCUT2D eigenvalue weighted by atomic mass is 10.0. The third-order valence-corrected chi connectivity index (χ3v) is 3.08. The minimum Gasteiger partial charge on any atom is -0.395 e. The monoisotopic (exact) mass is 241 g/mol. The van der Waals surface area contributed by atoms with Crippen LogP contribution in [0.3, 0.4) is 0 Å². The molecule has 0 aliphatic heterocycles. The van der Waals surface area contributed by atoms with Crippen molar-refractivity contribution in [2.24, 2.45) is 0 Å². The van der Waals surface area contributed by atoms with Crippen LogP contribution in [0.2, 0.25) is 0 Å². The van der Waals surface area contributed by atoms with Gasteiger partial charge in [0.25, 0.3) is 0 Å². The summed E-state index contributed by atoms with van der Waals surface area (Å²) in [6.45, 7) is 6.26. The minimum atomic E-state index is 0.179. The zero-order valence-corrected chi connectivity index (χ0v) is 10.5. The van der Waals surface area contributed by atoms with E-state index < -0.39 is 0 Å². The van der Waals surface area contributed by atoms with Gasteiger partial charge in [0, 0.05) is 19.6 Å². The Kier molecular flexibility index (Phi) is 4.51. The molecule has 0 bridgehead atoms. The van der Waals surface area contributed by atoms with Crippen molar-refractivity contribution in [3.63, 3.8) is 0 Å². The molecule has 1 N–H and O–H groups in total. The number of fused-ring (bicyclic) bond motifs is 1. The largest absolute Gasteiger partial charge is 0.395 e. The Morgan fingerprint density at radius 3 is 2.67 bits per heavy atom. The molecule has 2 heteroatoms. The Balaban J connectivity index is 2.27. The molecule has 2 nitrogen and oxygen atoms in total. The fourth-order valence-corrected chi connectivity index (χ4v) is 2.23. The van der Waals surface area contributed by atoms with Crippen LogP contribution in [0.5, 0.6) is 0 Å². The lowest BCUT2D eigenvalue weighted by Gasteiger charge is -2.20. The van der Waals surface area contributed by atoms with Crippen LogP contribution >= 0.6 is 0 Å². The maximum absolute atomic E-state index is 9.08. The van der Waals surface area contributed by atoms with Crippen molar-refractivity contribution in [3.05, 3.63) is 60.7 Å². The van der Waals surface area contributed by atoms with Crippen LogP contribution in [-0.4, -0.2) is 29.7 Å². The molecule has 0 amide bonds. The number of rotatable bonds is 6. The van der Waals surface area contributed by atoms with Crippen LogP contribution < -0.4 is 0 Å². The van der Waals surface area contributed by atoms with E-state index >= 15 is 0 Å². The first-order valence-electron chi connectivity index (χ1n) is 6.26. The van der Waals surface area contributed by atoms with Gasteiger partial charge in [0.15, 0.2) is 0 Å². The van der Waals surface area contributed by atoms with Crippen LogP contribution in [0.25, 0.3) is 10.8 Å². The fraction of sp³-hybridized carbons (Fsp3) is 0.250. The van der Waals surface area contributed by atoms with E-state index in [1.54, 1.807) is 0 Å². The average Bonchev–Trinajstić information content (AvgIpc) is 2.40. The van der Waals surface area contributed by atoms with Gasteiger partial charge in [-0.25, -0.2) is 0 Å². The number of hydrogen-bond acceptors (Lipinski definition) is 2. The van der Waals surface area contributed by atoms with E-state index in [1.165, 1.54) is 16.3 Å². The first-order chi connectivity index (χ1) is 8.85. The molecular weight excluding hydrogens is 222 g/mol. The average molecular weight is 241 g/mol. The predicted octanol–water partition coefficient (Wildman–Crippen LogP) is 2.82. The SMILES string of the molecule is C=CCN(CCO)Cc1cccc2ccccc12. The topological polar surface area (TPSA) is 23.5 Å². The molecule has 0 unspecified atom stereocenters. The first-order valence-corrected chi connectivity index (χ1v) is 6.26. The van der Waals surface area contributed by atoms with Gasteiger partial charge in [-0.2, -0.15) is 0 Å². The van der Waals surface area contributed by atoms with Crippen LogP contribution in [0.1, 0.15) is 5.56 Å². The third kappa shape index (κ3) is 2.97. The quantitative estimate of drug-likeness (QED) is 0.786. The molecule has 2 aromatic rings. The predicted molar refractivity (Wildman–Crippen MR) is 76.5 cm³/mol. The zero-order chi connectivity index (χ0) is 12.8. The summed E-state index contributed by atoms with van der Waals surface area (Å²) in [4.78, 5) is 2.19. The molecule has 0 aliphatic rings. The fourth-order valence-electron chi connectivity index (χ4n) is 2.23. The Morgan fingerprint density at radius 1 is 1.11 bits per heavy atom. The molecule has 2 aromatic carbocycles. The number of aliphatic hydroxyl groups excluding tert-OH is 1. The number of hydrogen-bond donors (Lipinski definition) is 1. The lowest BCUT2D eigenvalue weighted by molar-refractivity contribution is 0.204.